The molecule has 0 aromatic heterocycles. The molecule has 7 nitrogen and oxygen atoms in total. The quantitative estimate of drug-likeness (QED) is 0.638. The van der Waals surface area contributed by atoms with Crippen LogP contribution < -0.4 is 4.72 Å². The number of nitro groups is 1. The summed E-state index contributed by atoms with van der Waals surface area (Å²) in [6, 6.07) is 4.14. The highest BCUT2D eigenvalue weighted by molar-refractivity contribution is 7.89. The number of nitriles is 1. The van der Waals surface area contributed by atoms with Gasteiger partial charge in [0.05, 0.1) is 15.9 Å². The lowest BCUT2D eigenvalue weighted by Gasteiger charge is -2.24. The van der Waals surface area contributed by atoms with E-state index in [9.17, 15) is 22.9 Å². The summed E-state index contributed by atoms with van der Waals surface area (Å²) in [6.07, 6.45) is 0.449. The van der Waals surface area contributed by atoms with Crippen molar-refractivity contribution in [1.82, 2.24) is 4.72 Å². The number of rotatable bonds is 6. The molecule has 0 bridgehead atoms. The topological polar surface area (TPSA) is 113 Å². The molecule has 0 aliphatic rings. The Morgan fingerprint density at radius 3 is 2.43 bits per heavy atom. The number of nitro benzene ring substituents is 1. The lowest BCUT2D eigenvalue weighted by molar-refractivity contribution is -0.387. The minimum atomic E-state index is -4.17. The molecule has 1 rings (SSSR count). The second-order valence-corrected chi connectivity index (χ2v) is 6.06. The van der Waals surface area contributed by atoms with Gasteiger partial charge in [-0.05, 0) is 25.0 Å². The number of hydrogen-bond acceptors (Lipinski definition) is 5. The van der Waals surface area contributed by atoms with Gasteiger partial charge in [-0.15, -0.1) is 0 Å². The van der Waals surface area contributed by atoms with Crippen LogP contribution in [0.4, 0.5) is 10.1 Å². The Bertz CT molecular complexity index is 693. The van der Waals surface area contributed by atoms with Crippen molar-refractivity contribution in [2.75, 3.05) is 0 Å². The second kappa shape index (κ2) is 6.15. The molecule has 0 aliphatic carbocycles. The van der Waals surface area contributed by atoms with Crippen molar-refractivity contribution in [3.63, 3.8) is 0 Å². The third-order valence-corrected chi connectivity index (χ3v) is 4.71. The number of halogens is 1. The predicted molar refractivity (Wildman–Crippen MR) is 72.3 cm³/mol. The van der Waals surface area contributed by atoms with E-state index in [1.165, 1.54) is 0 Å². The summed E-state index contributed by atoms with van der Waals surface area (Å²) in [7, 11) is -4.17. The van der Waals surface area contributed by atoms with Crippen LogP contribution in [-0.4, -0.2) is 18.9 Å². The first-order valence-electron chi connectivity index (χ1n) is 6.10. The van der Waals surface area contributed by atoms with E-state index in [-0.39, 0.29) is 12.8 Å². The maximum atomic E-state index is 13.2. The summed E-state index contributed by atoms with van der Waals surface area (Å²) in [6.45, 7) is 3.28. The first-order chi connectivity index (χ1) is 9.71. The molecule has 114 valence electrons. The van der Waals surface area contributed by atoms with Crippen LogP contribution in [0.3, 0.4) is 0 Å². The van der Waals surface area contributed by atoms with Crippen LogP contribution in [-0.2, 0) is 10.0 Å². The van der Waals surface area contributed by atoms with Gasteiger partial charge in [0.2, 0.25) is 15.8 Å². The van der Waals surface area contributed by atoms with Gasteiger partial charge >= 0.3 is 5.69 Å². The van der Waals surface area contributed by atoms with Crippen molar-refractivity contribution in [3.05, 3.63) is 34.1 Å². The van der Waals surface area contributed by atoms with E-state index in [2.05, 4.69) is 4.72 Å². The third-order valence-electron chi connectivity index (χ3n) is 3.18. The molecule has 1 aromatic carbocycles. The lowest BCUT2D eigenvalue weighted by Crippen LogP contribution is -2.46. The van der Waals surface area contributed by atoms with Crippen molar-refractivity contribution in [1.29, 1.82) is 5.26 Å². The van der Waals surface area contributed by atoms with E-state index in [4.69, 9.17) is 5.26 Å². The fourth-order valence-corrected chi connectivity index (χ4v) is 3.17. The van der Waals surface area contributed by atoms with Crippen LogP contribution in [0.15, 0.2) is 23.1 Å². The van der Waals surface area contributed by atoms with Crippen LogP contribution in [0.2, 0.25) is 0 Å². The van der Waals surface area contributed by atoms with E-state index >= 15 is 0 Å². The van der Waals surface area contributed by atoms with Gasteiger partial charge in [0.15, 0.2) is 0 Å². The van der Waals surface area contributed by atoms with E-state index in [1.807, 2.05) is 6.07 Å². The van der Waals surface area contributed by atoms with Gasteiger partial charge in [-0.1, -0.05) is 13.8 Å². The number of nitrogens with zero attached hydrogens (tertiary/aromatic N) is 2. The Hall–Kier alpha value is -2.05. The first-order valence-corrected chi connectivity index (χ1v) is 7.59. The molecule has 0 spiro atoms. The number of sulfonamides is 1. The van der Waals surface area contributed by atoms with Crippen LogP contribution >= 0.6 is 0 Å². The zero-order valence-corrected chi connectivity index (χ0v) is 12.3. The molecular weight excluding hydrogens is 301 g/mol. The molecule has 0 aliphatic heterocycles. The van der Waals surface area contributed by atoms with E-state index < -0.39 is 36.9 Å². The third kappa shape index (κ3) is 3.53. The maximum absolute atomic E-state index is 13.2. The van der Waals surface area contributed by atoms with Crippen LogP contribution in [0.5, 0.6) is 0 Å². The Morgan fingerprint density at radius 1 is 1.43 bits per heavy atom. The molecule has 1 N–H and O–H groups in total. The van der Waals surface area contributed by atoms with Crippen molar-refractivity contribution >= 4 is 15.7 Å². The van der Waals surface area contributed by atoms with Crippen molar-refractivity contribution in [2.45, 2.75) is 37.1 Å². The van der Waals surface area contributed by atoms with Crippen molar-refractivity contribution < 1.29 is 17.7 Å². The average Bonchev–Trinajstić information content (AvgIpc) is 2.44. The molecule has 0 radical (unpaired) electrons. The van der Waals surface area contributed by atoms with Crippen molar-refractivity contribution in [2.24, 2.45) is 0 Å². The second-order valence-electron chi connectivity index (χ2n) is 4.38. The highest BCUT2D eigenvalue weighted by Gasteiger charge is 2.33. The van der Waals surface area contributed by atoms with E-state index in [0.717, 1.165) is 6.07 Å². The molecular formula is C12H14FN3O4S. The van der Waals surface area contributed by atoms with Gasteiger partial charge in [0.25, 0.3) is 0 Å². The Labute approximate surface area is 121 Å². The zero-order valence-electron chi connectivity index (χ0n) is 11.5. The Kier molecular flexibility index (Phi) is 4.98. The number of benzene rings is 1. The monoisotopic (exact) mass is 315 g/mol. The largest absolute Gasteiger partial charge is 0.306 e. The summed E-state index contributed by atoms with van der Waals surface area (Å²) >= 11 is 0. The summed E-state index contributed by atoms with van der Waals surface area (Å²) in [5, 5.41) is 19.8. The van der Waals surface area contributed by atoms with Crippen LogP contribution in [0.25, 0.3) is 0 Å². The molecule has 9 heteroatoms. The normalized spacial score (nSPS) is 11.9. The molecule has 0 heterocycles. The number of hydrogen-bond donors (Lipinski definition) is 1. The Morgan fingerprint density at radius 2 is 2.00 bits per heavy atom. The smallest absolute Gasteiger partial charge is 0.258 e. The van der Waals surface area contributed by atoms with Crippen LogP contribution in [0.1, 0.15) is 26.7 Å². The summed E-state index contributed by atoms with van der Waals surface area (Å²) < 4.78 is 39.9. The predicted octanol–water partition coefficient (Wildman–Crippen LogP) is 2.09. The summed E-state index contributed by atoms with van der Waals surface area (Å²) in [5.74, 6) is -1.13. The fraction of sp³-hybridized carbons (Fsp3) is 0.417. The van der Waals surface area contributed by atoms with Gasteiger partial charge in [-0.25, -0.2) is 8.42 Å². The van der Waals surface area contributed by atoms with Crippen LogP contribution in [0, 0.1) is 27.3 Å². The molecule has 21 heavy (non-hydrogen) atoms. The first kappa shape index (κ1) is 17.0. The lowest BCUT2D eigenvalue weighted by atomic mass is 9.97. The highest BCUT2D eigenvalue weighted by Crippen LogP contribution is 2.24. The highest BCUT2D eigenvalue weighted by atomic mass is 32.2. The zero-order chi connectivity index (χ0) is 16.3. The van der Waals surface area contributed by atoms with Gasteiger partial charge < -0.3 is 0 Å². The SMILES string of the molecule is CCC(C#N)(CC)NS(=O)(=O)c1ccc(F)c([N+](=O)[O-])c1. The van der Waals surface area contributed by atoms with Gasteiger partial charge in [-0.2, -0.15) is 14.4 Å². The Balaban J connectivity index is 3.30. The molecule has 0 amide bonds. The number of nitrogens with one attached hydrogen (secondary N) is 1. The van der Waals surface area contributed by atoms with Gasteiger partial charge in [-0.3, -0.25) is 10.1 Å². The minimum Gasteiger partial charge on any atom is -0.258 e. The molecule has 0 fully saturated rings. The molecule has 0 unspecified atom stereocenters. The fourth-order valence-electron chi connectivity index (χ4n) is 1.69. The molecule has 0 saturated heterocycles. The molecule has 0 atom stereocenters. The van der Waals surface area contributed by atoms with E-state index in [1.54, 1.807) is 13.8 Å². The summed E-state index contributed by atoms with van der Waals surface area (Å²) in [4.78, 5) is 9.18. The summed E-state index contributed by atoms with van der Waals surface area (Å²) in [5.41, 5.74) is -2.24. The maximum Gasteiger partial charge on any atom is 0.306 e. The average molecular weight is 315 g/mol. The van der Waals surface area contributed by atoms with Gasteiger partial charge in [0, 0.05) is 6.07 Å². The standard InChI is InChI=1S/C12H14FN3O4S/c1-3-12(4-2,8-14)15-21(19,20)9-5-6-10(13)11(7-9)16(17)18/h5-7,15H,3-4H2,1-2H3. The minimum absolute atomic E-state index is 0.225. The molecule has 1 aromatic rings. The van der Waals surface area contributed by atoms with Gasteiger partial charge in [0.1, 0.15) is 5.54 Å². The molecule has 0 saturated carbocycles. The van der Waals surface area contributed by atoms with E-state index in [0.29, 0.717) is 12.1 Å². The van der Waals surface area contributed by atoms with Crippen molar-refractivity contribution in [3.8, 4) is 6.07 Å².